The van der Waals surface area contributed by atoms with Crippen molar-refractivity contribution in [2.24, 2.45) is 11.3 Å². The van der Waals surface area contributed by atoms with Gasteiger partial charge in [0.25, 0.3) is 0 Å². The molecule has 2 aliphatic rings. The first kappa shape index (κ1) is 13.2. The molecule has 104 valence electrons. The summed E-state index contributed by atoms with van der Waals surface area (Å²) in [5, 5.41) is 9.53. The average molecular weight is 268 g/mol. The Morgan fingerprint density at radius 3 is 2.65 bits per heavy atom. The van der Waals surface area contributed by atoms with Gasteiger partial charge in [-0.2, -0.15) is 0 Å². The summed E-state index contributed by atoms with van der Waals surface area (Å²) >= 11 is 0. The number of aliphatic carboxylic acids is 1. The number of carboxylic acid groups (broad SMARTS) is 1. The molecule has 1 spiro atoms. The van der Waals surface area contributed by atoms with E-state index in [9.17, 15) is 9.90 Å². The van der Waals surface area contributed by atoms with E-state index in [0.29, 0.717) is 11.5 Å². The Balaban J connectivity index is 2.05. The summed E-state index contributed by atoms with van der Waals surface area (Å²) in [6.45, 7) is 8.31. The quantitative estimate of drug-likeness (QED) is 0.902. The molecule has 2 nitrogen and oxygen atoms in total. The standard InChI is InChI=1S/C18H20O2/c1-11-6-4-5-7-14(11)8-15-16(17(19)20)12(2)9-18(15)10-13(18)3/h4-7,13H,2,8-10H2,1,3H3,(H,19,20). The van der Waals surface area contributed by atoms with Crippen LogP contribution in [0, 0.1) is 18.3 Å². The van der Waals surface area contributed by atoms with Gasteiger partial charge in [-0.15, -0.1) is 0 Å². The largest absolute Gasteiger partial charge is 0.478 e. The molecular formula is C18H20O2. The van der Waals surface area contributed by atoms with Crippen LogP contribution >= 0.6 is 0 Å². The smallest absolute Gasteiger partial charge is 0.335 e. The van der Waals surface area contributed by atoms with Gasteiger partial charge in [0.2, 0.25) is 0 Å². The van der Waals surface area contributed by atoms with Gasteiger partial charge in [0, 0.05) is 0 Å². The van der Waals surface area contributed by atoms with Crippen LogP contribution in [-0.4, -0.2) is 11.1 Å². The van der Waals surface area contributed by atoms with Crippen LogP contribution in [0.4, 0.5) is 0 Å². The molecule has 2 atom stereocenters. The van der Waals surface area contributed by atoms with Gasteiger partial charge < -0.3 is 5.11 Å². The Labute approximate surface area is 119 Å². The highest BCUT2D eigenvalue weighted by atomic mass is 16.4. The van der Waals surface area contributed by atoms with Gasteiger partial charge in [-0.3, -0.25) is 0 Å². The summed E-state index contributed by atoms with van der Waals surface area (Å²) < 4.78 is 0. The second-order valence-electron chi connectivity index (χ2n) is 6.30. The van der Waals surface area contributed by atoms with Crippen LogP contribution in [0.1, 0.15) is 30.9 Å². The van der Waals surface area contributed by atoms with Gasteiger partial charge in [0.15, 0.2) is 0 Å². The second kappa shape index (κ2) is 4.34. The van der Waals surface area contributed by atoms with Crippen molar-refractivity contribution in [3.8, 4) is 0 Å². The molecule has 1 aromatic carbocycles. The molecule has 0 amide bonds. The van der Waals surface area contributed by atoms with Crippen molar-refractivity contribution in [3.63, 3.8) is 0 Å². The number of hydrogen-bond donors (Lipinski definition) is 1. The molecule has 0 bridgehead atoms. The van der Waals surface area contributed by atoms with E-state index in [0.717, 1.165) is 30.4 Å². The number of aryl methyl sites for hydroxylation is 1. The van der Waals surface area contributed by atoms with Gasteiger partial charge in [0.05, 0.1) is 5.57 Å². The number of benzene rings is 1. The molecule has 3 rings (SSSR count). The van der Waals surface area contributed by atoms with Crippen molar-refractivity contribution in [1.29, 1.82) is 0 Å². The van der Waals surface area contributed by atoms with E-state index in [2.05, 4.69) is 32.6 Å². The molecular weight excluding hydrogens is 248 g/mol. The minimum Gasteiger partial charge on any atom is -0.478 e. The summed E-state index contributed by atoms with van der Waals surface area (Å²) in [5.41, 5.74) is 4.97. The monoisotopic (exact) mass is 268 g/mol. The predicted octanol–water partition coefficient (Wildman–Crippen LogP) is 3.90. The Bertz CT molecular complexity index is 639. The number of allylic oxidation sites excluding steroid dienone is 1. The minimum atomic E-state index is -0.811. The lowest BCUT2D eigenvalue weighted by molar-refractivity contribution is -0.132. The van der Waals surface area contributed by atoms with E-state index in [-0.39, 0.29) is 5.41 Å². The molecule has 2 heteroatoms. The fourth-order valence-electron chi connectivity index (χ4n) is 3.74. The molecule has 0 heterocycles. The maximum absolute atomic E-state index is 11.6. The molecule has 1 saturated carbocycles. The van der Waals surface area contributed by atoms with Gasteiger partial charge >= 0.3 is 5.97 Å². The van der Waals surface area contributed by atoms with E-state index < -0.39 is 5.97 Å². The van der Waals surface area contributed by atoms with E-state index in [1.54, 1.807) is 0 Å². The van der Waals surface area contributed by atoms with Crippen LogP contribution in [-0.2, 0) is 11.2 Å². The highest BCUT2D eigenvalue weighted by Crippen LogP contribution is 2.66. The third-order valence-electron chi connectivity index (χ3n) is 5.08. The van der Waals surface area contributed by atoms with Gasteiger partial charge in [-0.05, 0) is 59.8 Å². The summed E-state index contributed by atoms with van der Waals surface area (Å²) in [4.78, 5) is 11.6. The zero-order valence-corrected chi connectivity index (χ0v) is 12.1. The average Bonchev–Trinajstić information content (AvgIpc) is 2.91. The van der Waals surface area contributed by atoms with Crippen LogP contribution in [0.25, 0.3) is 0 Å². The Morgan fingerprint density at radius 1 is 1.45 bits per heavy atom. The first-order valence-corrected chi connectivity index (χ1v) is 7.15. The molecule has 0 saturated heterocycles. The van der Waals surface area contributed by atoms with Crippen molar-refractivity contribution in [1.82, 2.24) is 0 Å². The molecule has 1 aromatic rings. The third-order valence-corrected chi connectivity index (χ3v) is 5.08. The lowest BCUT2D eigenvalue weighted by atomic mass is 9.88. The van der Waals surface area contributed by atoms with Crippen molar-refractivity contribution < 1.29 is 9.90 Å². The highest BCUT2D eigenvalue weighted by molar-refractivity contribution is 5.94. The summed E-state index contributed by atoms with van der Waals surface area (Å²) in [7, 11) is 0. The van der Waals surface area contributed by atoms with Crippen LogP contribution < -0.4 is 0 Å². The maximum atomic E-state index is 11.6. The Morgan fingerprint density at radius 2 is 2.10 bits per heavy atom. The van der Waals surface area contributed by atoms with Crippen molar-refractivity contribution >= 4 is 5.97 Å². The van der Waals surface area contributed by atoms with Crippen molar-refractivity contribution in [2.45, 2.75) is 33.1 Å². The molecule has 1 N–H and O–H groups in total. The number of rotatable bonds is 3. The molecule has 0 aliphatic heterocycles. The molecule has 1 fully saturated rings. The Hall–Kier alpha value is -1.83. The number of hydrogen-bond acceptors (Lipinski definition) is 1. The molecule has 2 unspecified atom stereocenters. The third kappa shape index (κ3) is 1.82. The number of carboxylic acids is 1. The molecule has 0 aromatic heterocycles. The zero-order chi connectivity index (χ0) is 14.5. The molecule has 20 heavy (non-hydrogen) atoms. The van der Waals surface area contributed by atoms with E-state index in [1.165, 1.54) is 11.1 Å². The predicted molar refractivity (Wildman–Crippen MR) is 79.5 cm³/mol. The molecule has 2 aliphatic carbocycles. The lowest BCUT2D eigenvalue weighted by Gasteiger charge is -2.16. The topological polar surface area (TPSA) is 37.3 Å². The van der Waals surface area contributed by atoms with Crippen LogP contribution in [0.3, 0.4) is 0 Å². The van der Waals surface area contributed by atoms with Crippen LogP contribution in [0.2, 0.25) is 0 Å². The highest BCUT2D eigenvalue weighted by Gasteiger charge is 2.58. The minimum absolute atomic E-state index is 0.0904. The first-order chi connectivity index (χ1) is 9.45. The van der Waals surface area contributed by atoms with Crippen molar-refractivity contribution in [3.05, 3.63) is 58.7 Å². The maximum Gasteiger partial charge on any atom is 0.335 e. The van der Waals surface area contributed by atoms with E-state index in [4.69, 9.17) is 0 Å². The zero-order valence-electron chi connectivity index (χ0n) is 12.1. The fourth-order valence-corrected chi connectivity index (χ4v) is 3.74. The van der Waals surface area contributed by atoms with Crippen molar-refractivity contribution in [2.75, 3.05) is 0 Å². The molecule has 0 radical (unpaired) electrons. The van der Waals surface area contributed by atoms with Gasteiger partial charge in [0.1, 0.15) is 0 Å². The lowest BCUT2D eigenvalue weighted by Crippen LogP contribution is -2.09. The second-order valence-corrected chi connectivity index (χ2v) is 6.30. The number of carbonyl (C=O) groups is 1. The summed E-state index contributed by atoms with van der Waals surface area (Å²) in [6, 6.07) is 8.23. The first-order valence-electron chi connectivity index (χ1n) is 7.15. The summed E-state index contributed by atoms with van der Waals surface area (Å²) in [6.07, 6.45) is 2.68. The fraction of sp³-hybridized carbons (Fsp3) is 0.389. The van der Waals surface area contributed by atoms with Crippen LogP contribution in [0.5, 0.6) is 0 Å². The van der Waals surface area contributed by atoms with Crippen LogP contribution in [0.15, 0.2) is 47.6 Å². The summed E-state index contributed by atoms with van der Waals surface area (Å²) in [5.74, 6) is -0.232. The normalized spacial score (nSPS) is 28.3. The SMILES string of the molecule is C=C1CC2(CC2C)C(Cc2ccccc2C)=C1C(=O)O. The van der Waals surface area contributed by atoms with E-state index in [1.807, 2.05) is 12.1 Å². The van der Waals surface area contributed by atoms with Gasteiger partial charge in [-0.25, -0.2) is 4.79 Å². The van der Waals surface area contributed by atoms with E-state index >= 15 is 0 Å². The van der Waals surface area contributed by atoms with Gasteiger partial charge in [-0.1, -0.05) is 37.8 Å². The Kier molecular flexibility index (Phi) is 2.86.